The van der Waals surface area contributed by atoms with Gasteiger partial charge in [0.2, 0.25) is 0 Å². The van der Waals surface area contributed by atoms with E-state index in [4.69, 9.17) is 30.8 Å². The number of aromatic nitrogens is 2. The number of carbonyl (C=O) groups is 1. The van der Waals surface area contributed by atoms with Crippen LogP contribution in [0.3, 0.4) is 0 Å². The number of rotatable bonds is 8. The molecule has 2 atom stereocenters. The fraction of sp³-hybridized carbons (Fsp3) is 0.114. The molecule has 13 nitrogen and oxygen atoms in total. The van der Waals surface area contributed by atoms with Crippen molar-refractivity contribution in [1.29, 1.82) is 5.26 Å². The minimum absolute atomic E-state index is 0. The van der Waals surface area contributed by atoms with Crippen LogP contribution in [-0.4, -0.2) is 58.8 Å². The standard InChI is InChI=1S/2C19H16N2O.C2N3.C2H4O2.2CH4O.2Ni/c2*22-18-12-5-4-10-16(18)14-21-19(15-8-2-1-3-9-15)17-11-6-7-13-20-17;3-1-5-2-4;1-2(3)4;2*1-2;;/h2*1-14,19,22H;;1H3,(H,3,4);2*2H,1H3;;/q;;-1;;;;2*+2/p-3/t2*19-;;;;;;/m11....../s1. The van der Waals surface area contributed by atoms with Gasteiger partial charge in [-0.3, -0.25) is 20.0 Å². The van der Waals surface area contributed by atoms with Crippen LogP contribution in [0.25, 0.3) is 5.41 Å². The molecule has 308 valence electrons. The summed E-state index contributed by atoms with van der Waals surface area (Å²) < 4.78 is 0. The number of aliphatic hydroxyl groups is 2. The Balaban J connectivity index is 0. The zero-order valence-electron chi connectivity index (χ0n) is 32.1. The number of carboxylic acid groups (broad SMARTS) is 1. The molecule has 6 aromatic rings. The van der Waals surface area contributed by atoms with Gasteiger partial charge in [0.25, 0.3) is 0 Å². The average Bonchev–Trinajstić information content (AvgIpc) is 3.26. The van der Waals surface area contributed by atoms with Gasteiger partial charge in [-0.25, -0.2) is 0 Å². The maximum absolute atomic E-state index is 11.8. The van der Waals surface area contributed by atoms with Crippen LogP contribution in [0.5, 0.6) is 11.5 Å². The molecule has 2 heterocycles. The molecule has 0 fully saturated rings. The van der Waals surface area contributed by atoms with Crippen LogP contribution in [0.4, 0.5) is 0 Å². The summed E-state index contributed by atoms with van der Waals surface area (Å²) in [4.78, 5) is 29.5. The topological polar surface area (TPSA) is 236 Å². The second kappa shape index (κ2) is 34.6. The Morgan fingerprint density at radius 2 is 0.949 bits per heavy atom. The van der Waals surface area contributed by atoms with Gasteiger partial charge in [-0.2, -0.15) is 5.26 Å². The normalized spacial score (nSPS) is 10.2. The minimum Gasteiger partial charge on any atom is -0.872 e. The first-order chi connectivity index (χ1) is 27.8. The fourth-order valence-electron chi connectivity index (χ4n) is 4.52. The number of para-hydroxylation sites is 2. The van der Waals surface area contributed by atoms with E-state index in [0.29, 0.717) is 11.1 Å². The van der Waals surface area contributed by atoms with Crippen molar-refractivity contribution in [1.82, 2.24) is 9.97 Å². The molecular formula is C44H41N7Ni2O6. The maximum atomic E-state index is 11.8. The Morgan fingerprint density at radius 1 is 0.627 bits per heavy atom. The van der Waals surface area contributed by atoms with Crippen molar-refractivity contribution >= 4 is 24.4 Å². The van der Waals surface area contributed by atoms with Gasteiger partial charge >= 0.3 is 33.0 Å². The molecule has 0 amide bonds. The van der Waals surface area contributed by atoms with Gasteiger partial charge in [-0.15, -0.1) is 17.5 Å². The van der Waals surface area contributed by atoms with Crippen LogP contribution in [0.1, 0.15) is 52.6 Å². The summed E-state index contributed by atoms with van der Waals surface area (Å²) in [7, 11) is 2.00. The summed E-state index contributed by atoms with van der Waals surface area (Å²) in [6.07, 6.45) is 8.05. The van der Waals surface area contributed by atoms with Gasteiger partial charge in [-0.1, -0.05) is 121 Å². The maximum Gasteiger partial charge on any atom is 2.00 e. The molecule has 15 heteroatoms. The summed E-state index contributed by atoms with van der Waals surface area (Å²) in [5.41, 5.74) is 4.96. The quantitative estimate of drug-likeness (QED) is 0.120. The van der Waals surface area contributed by atoms with E-state index in [-0.39, 0.29) is 56.6 Å². The Kier molecular flexibility index (Phi) is 31.9. The first-order valence-corrected chi connectivity index (χ1v) is 16.9. The van der Waals surface area contributed by atoms with E-state index >= 15 is 0 Å². The second-order valence-electron chi connectivity index (χ2n) is 10.6. The van der Waals surface area contributed by atoms with E-state index in [0.717, 1.165) is 43.7 Å². The van der Waals surface area contributed by atoms with E-state index in [2.05, 4.69) is 24.9 Å². The van der Waals surface area contributed by atoms with Crippen molar-refractivity contribution in [3.63, 3.8) is 0 Å². The summed E-state index contributed by atoms with van der Waals surface area (Å²) in [5.74, 6) is -1.14. The number of pyridine rings is 2. The fourth-order valence-corrected chi connectivity index (χ4v) is 4.52. The predicted octanol–water partition coefficient (Wildman–Crippen LogP) is 4.91. The first kappa shape index (κ1) is 54.5. The van der Waals surface area contributed by atoms with E-state index < -0.39 is 5.97 Å². The Labute approximate surface area is 364 Å². The zero-order valence-corrected chi connectivity index (χ0v) is 34.1. The predicted molar refractivity (Wildman–Crippen MR) is 215 cm³/mol. The average molecular weight is 881 g/mol. The van der Waals surface area contributed by atoms with Crippen molar-refractivity contribution in [3.05, 3.63) is 197 Å². The Morgan fingerprint density at radius 3 is 1.22 bits per heavy atom. The number of hydrogen-bond donors (Lipinski definition) is 2. The monoisotopic (exact) mass is 879 g/mol. The molecule has 0 saturated carbocycles. The number of benzene rings is 4. The van der Waals surface area contributed by atoms with Crippen molar-refractivity contribution < 1.29 is 63.3 Å². The third kappa shape index (κ3) is 22.0. The first-order valence-electron chi connectivity index (χ1n) is 16.9. The number of carbonyl (C=O) groups excluding carboxylic acids is 1. The summed E-state index contributed by atoms with van der Waals surface area (Å²) in [6.45, 7) is 0.972. The van der Waals surface area contributed by atoms with Crippen LogP contribution in [0, 0.1) is 11.5 Å². The zero-order chi connectivity index (χ0) is 42.1. The molecule has 59 heavy (non-hydrogen) atoms. The second-order valence-corrected chi connectivity index (χ2v) is 10.6. The SMILES string of the molecule is CC(=O)[O-].CO.CO.N#CN=C=[N-].[Ni+2].[Ni+2].[O-]c1ccccc1C=N[C@H](c1ccccc1)c1ccccn1.[O-]c1ccccc1C=N[C@H](c1ccccc1)c1ccccn1. The van der Waals surface area contributed by atoms with Gasteiger partial charge in [-0.05, 0) is 53.4 Å². The van der Waals surface area contributed by atoms with E-state index in [1.54, 1.807) is 61.2 Å². The molecule has 0 spiro atoms. The van der Waals surface area contributed by atoms with Gasteiger partial charge in [0, 0.05) is 45.0 Å². The van der Waals surface area contributed by atoms with Gasteiger partial charge in [0.15, 0.2) is 0 Å². The number of aliphatic hydroxyl groups excluding tert-OH is 2. The summed E-state index contributed by atoms with van der Waals surface area (Å²) >= 11 is 0. The van der Waals surface area contributed by atoms with Gasteiger partial charge in [0.1, 0.15) is 12.1 Å². The van der Waals surface area contributed by atoms with E-state index in [1.807, 2.05) is 109 Å². The molecule has 0 saturated heterocycles. The van der Waals surface area contributed by atoms with Crippen LogP contribution in [0.2, 0.25) is 0 Å². The van der Waals surface area contributed by atoms with Crippen LogP contribution in [0.15, 0.2) is 173 Å². The summed E-state index contributed by atoms with van der Waals surface area (Å²) in [5, 5.41) is 61.3. The number of carboxylic acids is 1. The molecule has 6 rings (SSSR count). The van der Waals surface area contributed by atoms with Gasteiger partial charge in [0.05, 0.1) is 17.6 Å². The molecule has 0 aliphatic heterocycles. The third-order valence-corrected chi connectivity index (χ3v) is 6.83. The van der Waals surface area contributed by atoms with Gasteiger partial charge < -0.3 is 40.7 Å². The molecule has 0 aliphatic rings. The number of aliphatic carboxylic acids is 1. The molecule has 0 radical (unpaired) electrons. The third-order valence-electron chi connectivity index (χ3n) is 6.83. The van der Waals surface area contributed by atoms with E-state index in [9.17, 15) is 10.2 Å². The molecule has 0 aliphatic carbocycles. The van der Waals surface area contributed by atoms with Crippen LogP contribution >= 0.6 is 0 Å². The largest absolute Gasteiger partial charge is 2.00 e. The minimum atomic E-state index is -1.08. The summed E-state index contributed by atoms with van der Waals surface area (Å²) in [6, 6.07) is 46.0. The van der Waals surface area contributed by atoms with E-state index in [1.165, 1.54) is 12.2 Å². The van der Waals surface area contributed by atoms with Crippen LogP contribution < -0.4 is 15.3 Å². The molecule has 4 aromatic carbocycles. The molecule has 2 aromatic heterocycles. The van der Waals surface area contributed by atoms with Crippen molar-refractivity contribution in [2.24, 2.45) is 15.0 Å². The molecule has 2 N–H and O–H groups in total. The van der Waals surface area contributed by atoms with Crippen molar-refractivity contribution in [2.45, 2.75) is 19.0 Å². The number of nitriles is 1. The van der Waals surface area contributed by atoms with Crippen molar-refractivity contribution in [3.8, 4) is 17.7 Å². The van der Waals surface area contributed by atoms with Crippen molar-refractivity contribution in [2.75, 3.05) is 14.2 Å². The molecule has 0 unspecified atom stereocenters. The number of aliphatic imine (C=N–C) groups is 3. The Hall–Kier alpha value is -6.63. The Bertz CT molecular complexity index is 1920. The van der Waals surface area contributed by atoms with Crippen LogP contribution in [-0.2, 0) is 37.8 Å². The smallest absolute Gasteiger partial charge is 0.872 e. The number of nitrogens with zero attached hydrogens (tertiary/aromatic N) is 7. The molecular weight excluding hydrogens is 840 g/mol. The number of hydrogen-bond acceptors (Lipinski definition) is 12. The molecule has 0 bridgehead atoms.